The zero-order valence-electron chi connectivity index (χ0n) is 12.2. The smallest absolute Gasteiger partial charge is 0.120 e. The third kappa shape index (κ3) is 4.34. The summed E-state index contributed by atoms with van der Waals surface area (Å²) < 4.78 is 0. The van der Waals surface area contributed by atoms with Crippen LogP contribution in [0.5, 0.6) is 5.75 Å². The minimum Gasteiger partial charge on any atom is -0.508 e. The lowest BCUT2D eigenvalue weighted by molar-refractivity contribution is 0.190. The van der Waals surface area contributed by atoms with Gasteiger partial charge in [0.1, 0.15) is 5.75 Å². The molecule has 1 N–H and O–H groups in total. The van der Waals surface area contributed by atoms with Gasteiger partial charge in [0, 0.05) is 18.2 Å². The lowest BCUT2D eigenvalue weighted by Gasteiger charge is -2.28. The summed E-state index contributed by atoms with van der Waals surface area (Å²) in [6.07, 6.45) is 3.58. The van der Waals surface area contributed by atoms with E-state index in [0.29, 0.717) is 11.8 Å². The predicted octanol–water partition coefficient (Wildman–Crippen LogP) is 4.10. The number of phenolic OH excluding ortho intramolecular Hbond substituents is 1. The second-order valence-corrected chi connectivity index (χ2v) is 5.21. The molecule has 0 radical (unpaired) electrons. The summed E-state index contributed by atoms with van der Waals surface area (Å²) in [4.78, 5) is 2.47. The number of aryl methyl sites for hydroxylation is 1. The molecule has 1 aromatic rings. The first-order valence-electron chi connectivity index (χ1n) is 7.11. The number of aromatic hydroxyl groups is 1. The monoisotopic (exact) mass is 249 g/mol. The van der Waals surface area contributed by atoms with E-state index >= 15 is 0 Å². The Hall–Kier alpha value is -1.02. The van der Waals surface area contributed by atoms with E-state index in [9.17, 15) is 5.11 Å². The van der Waals surface area contributed by atoms with Crippen LogP contribution < -0.4 is 0 Å². The Balaban J connectivity index is 2.77. The van der Waals surface area contributed by atoms with Crippen molar-refractivity contribution in [1.82, 2.24) is 4.90 Å². The van der Waals surface area contributed by atoms with Gasteiger partial charge in [-0.05, 0) is 39.3 Å². The van der Waals surface area contributed by atoms with Crippen LogP contribution in [0.15, 0.2) is 18.2 Å². The first-order valence-corrected chi connectivity index (χ1v) is 7.11. The SMILES string of the molecule is CCCCN(Cc1cc(C)ccc1O)C(C)CC. The van der Waals surface area contributed by atoms with Crippen LogP contribution in [-0.4, -0.2) is 22.6 Å². The first-order chi connectivity index (χ1) is 8.58. The summed E-state index contributed by atoms with van der Waals surface area (Å²) in [6, 6.07) is 6.42. The van der Waals surface area contributed by atoms with Gasteiger partial charge in [0.25, 0.3) is 0 Å². The highest BCUT2D eigenvalue weighted by Crippen LogP contribution is 2.21. The van der Waals surface area contributed by atoms with Gasteiger partial charge < -0.3 is 5.11 Å². The summed E-state index contributed by atoms with van der Waals surface area (Å²) in [7, 11) is 0. The molecule has 1 unspecified atom stereocenters. The lowest BCUT2D eigenvalue weighted by Crippen LogP contribution is -2.33. The van der Waals surface area contributed by atoms with Gasteiger partial charge >= 0.3 is 0 Å². The van der Waals surface area contributed by atoms with E-state index in [-0.39, 0.29) is 0 Å². The highest BCUT2D eigenvalue weighted by molar-refractivity contribution is 5.35. The molecule has 102 valence electrons. The third-order valence-corrected chi connectivity index (χ3v) is 3.62. The minimum absolute atomic E-state index is 0.422. The fourth-order valence-corrected chi connectivity index (χ4v) is 2.13. The summed E-state index contributed by atoms with van der Waals surface area (Å²) in [6.45, 7) is 10.7. The van der Waals surface area contributed by atoms with Gasteiger partial charge in [-0.25, -0.2) is 0 Å². The normalized spacial score (nSPS) is 12.9. The van der Waals surface area contributed by atoms with Crippen LogP contribution in [0.2, 0.25) is 0 Å². The maximum Gasteiger partial charge on any atom is 0.120 e. The minimum atomic E-state index is 0.422. The van der Waals surface area contributed by atoms with Gasteiger partial charge in [-0.3, -0.25) is 4.90 Å². The quantitative estimate of drug-likeness (QED) is 0.786. The molecule has 1 aromatic carbocycles. The van der Waals surface area contributed by atoms with Crippen LogP contribution in [0.25, 0.3) is 0 Å². The van der Waals surface area contributed by atoms with Crippen molar-refractivity contribution in [2.75, 3.05) is 6.54 Å². The largest absolute Gasteiger partial charge is 0.508 e. The zero-order valence-corrected chi connectivity index (χ0v) is 12.2. The standard InChI is InChI=1S/C16H27NO/c1-5-7-10-17(14(4)6-2)12-15-11-13(3)8-9-16(15)18/h8-9,11,14,18H,5-7,10,12H2,1-4H3. The maximum absolute atomic E-state index is 9.94. The number of unbranched alkanes of at least 4 members (excludes halogenated alkanes) is 1. The fourth-order valence-electron chi connectivity index (χ4n) is 2.13. The van der Waals surface area contributed by atoms with Gasteiger partial charge in [0.15, 0.2) is 0 Å². The number of benzene rings is 1. The molecule has 0 aliphatic carbocycles. The molecule has 2 nitrogen and oxygen atoms in total. The van der Waals surface area contributed by atoms with Crippen molar-refractivity contribution >= 4 is 0 Å². The van der Waals surface area contributed by atoms with Crippen LogP contribution in [0.3, 0.4) is 0 Å². The number of hydrogen-bond donors (Lipinski definition) is 1. The van der Waals surface area contributed by atoms with Crippen molar-refractivity contribution in [2.45, 2.75) is 59.5 Å². The number of hydrogen-bond acceptors (Lipinski definition) is 2. The molecule has 0 fully saturated rings. The Morgan fingerprint density at radius 3 is 2.61 bits per heavy atom. The van der Waals surface area contributed by atoms with Crippen molar-refractivity contribution in [3.8, 4) is 5.75 Å². The molecule has 2 heteroatoms. The van der Waals surface area contributed by atoms with Crippen molar-refractivity contribution in [3.63, 3.8) is 0 Å². The van der Waals surface area contributed by atoms with Crippen LogP contribution in [0.1, 0.15) is 51.2 Å². The summed E-state index contributed by atoms with van der Waals surface area (Å²) >= 11 is 0. The Kier molecular flexibility index (Phi) is 6.20. The molecule has 0 aromatic heterocycles. The van der Waals surface area contributed by atoms with Crippen LogP contribution in [0.4, 0.5) is 0 Å². The molecule has 0 saturated heterocycles. The number of phenols is 1. The molecular weight excluding hydrogens is 222 g/mol. The first kappa shape index (κ1) is 15.0. The highest BCUT2D eigenvalue weighted by Gasteiger charge is 2.14. The predicted molar refractivity (Wildman–Crippen MR) is 77.9 cm³/mol. The van der Waals surface area contributed by atoms with E-state index in [4.69, 9.17) is 0 Å². The fraction of sp³-hybridized carbons (Fsp3) is 0.625. The Bertz CT molecular complexity index is 362. The van der Waals surface area contributed by atoms with Crippen molar-refractivity contribution in [1.29, 1.82) is 0 Å². The number of rotatable bonds is 7. The van der Waals surface area contributed by atoms with Crippen LogP contribution >= 0.6 is 0 Å². The van der Waals surface area contributed by atoms with E-state index in [1.54, 1.807) is 6.07 Å². The molecule has 0 aliphatic rings. The van der Waals surface area contributed by atoms with Crippen LogP contribution in [-0.2, 0) is 6.54 Å². The topological polar surface area (TPSA) is 23.5 Å². The van der Waals surface area contributed by atoms with Crippen molar-refractivity contribution < 1.29 is 5.11 Å². The van der Waals surface area contributed by atoms with Crippen LogP contribution in [0, 0.1) is 6.92 Å². The summed E-state index contributed by atoms with van der Waals surface area (Å²) in [5, 5.41) is 9.94. The summed E-state index contributed by atoms with van der Waals surface area (Å²) in [5.74, 6) is 0.422. The molecule has 0 saturated carbocycles. The van der Waals surface area contributed by atoms with Crippen molar-refractivity contribution in [2.24, 2.45) is 0 Å². The van der Waals surface area contributed by atoms with E-state index < -0.39 is 0 Å². The molecule has 0 amide bonds. The molecule has 18 heavy (non-hydrogen) atoms. The molecule has 1 atom stereocenters. The van der Waals surface area contributed by atoms with E-state index in [0.717, 1.165) is 25.1 Å². The Morgan fingerprint density at radius 2 is 2.00 bits per heavy atom. The molecular formula is C16H27NO. The second kappa shape index (κ2) is 7.42. The Labute approximate surface area is 112 Å². The second-order valence-electron chi connectivity index (χ2n) is 5.21. The van der Waals surface area contributed by atoms with E-state index in [1.807, 2.05) is 6.07 Å². The number of nitrogens with zero attached hydrogens (tertiary/aromatic N) is 1. The molecule has 0 heterocycles. The zero-order chi connectivity index (χ0) is 13.5. The van der Waals surface area contributed by atoms with E-state index in [1.165, 1.54) is 18.4 Å². The van der Waals surface area contributed by atoms with Gasteiger partial charge in [-0.15, -0.1) is 0 Å². The average molecular weight is 249 g/mol. The average Bonchev–Trinajstić information content (AvgIpc) is 2.37. The van der Waals surface area contributed by atoms with Gasteiger partial charge in [-0.1, -0.05) is 38.0 Å². The third-order valence-electron chi connectivity index (χ3n) is 3.62. The molecule has 0 aliphatic heterocycles. The van der Waals surface area contributed by atoms with Gasteiger partial charge in [-0.2, -0.15) is 0 Å². The highest BCUT2D eigenvalue weighted by atomic mass is 16.3. The van der Waals surface area contributed by atoms with Crippen molar-refractivity contribution in [3.05, 3.63) is 29.3 Å². The molecule has 0 spiro atoms. The van der Waals surface area contributed by atoms with Gasteiger partial charge in [0.05, 0.1) is 0 Å². The maximum atomic E-state index is 9.94. The molecule has 1 rings (SSSR count). The van der Waals surface area contributed by atoms with E-state index in [2.05, 4.69) is 38.7 Å². The summed E-state index contributed by atoms with van der Waals surface area (Å²) in [5.41, 5.74) is 2.26. The Morgan fingerprint density at radius 1 is 1.28 bits per heavy atom. The van der Waals surface area contributed by atoms with Gasteiger partial charge in [0.2, 0.25) is 0 Å². The lowest BCUT2D eigenvalue weighted by atomic mass is 10.1. The molecule has 0 bridgehead atoms.